The molecule has 1 heterocycles. The predicted molar refractivity (Wildman–Crippen MR) is 77.7 cm³/mol. The molecule has 0 bridgehead atoms. The van der Waals surface area contributed by atoms with Gasteiger partial charge in [0.15, 0.2) is 11.6 Å². The number of anilines is 2. The molecular formula is C14H18FN5. The van der Waals surface area contributed by atoms with Gasteiger partial charge >= 0.3 is 0 Å². The van der Waals surface area contributed by atoms with Gasteiger partial charge in [0, 0.05) is 6.54 Å². The van der Waals surface area contributed by atoms with Crippen LogP contribution in [0.2, 0.25) is 0 Å². The van der Waals surface area contributed by atoms with Gasteiger partial charge in [-0.15, -0.1) is 0 Å². The maximum Gasteiger partial charge on any atom is 0.239 e. The molecule has 106 valence electrons. The molecule has 0 spiro atoms. The minimum absolute atomic E-state index is 0.126. The van der Waals surface area contributed by atoms with Gasteiger partial charge in [-0.2, -0.15) is 4.98 Å². The number of halogens is 1. The molecule has 0 amide bonds. The van der Waals surface area contributed by atoms with Gasteiger partial charge in [0.05, 0.1) is 6.20 Å². The van der Waals surface area contributed by atoms with Gasteiger partial charge in [0.25, 0.3) is 0 Å². The van der Waals surface area contributed by atoms with Crippen LogP contribution in [-0.2, 0) is 6.54 Å². The molecule has 0 unspecified atom stereocenters. The molecule has 2 rings (SSSR count). The van der Waals surface area contributed by atoms with E-state index in [1.165, 1.54) is 5.56 Å². The van der Waals surface area contributed by atoms with Crippen LogP contribution in [0.15, 0.2) is 30.5 Å². The number of nitrogens with one attached hydrogen (secondary N) is 2. The first-order valence-electron chi connectivity index (χ1n) is 6.42. The van der Waals surface area contributed by atoms with Crippen molar-refractivity contribution in [2.45, 2.75) is 26.3 Å². The van der Waals surface area contributed by atoms with Gasteiger partial charge in [-0.05, 0) is 17.0 Å². The highest BCUT2D eigenvalue weighted by atomic mass is 19.1. The van der Waals surface area contributed by atoms with Crippen LogP contribution in [0.1, 0.15) is 30.9 Å². The van der Waals surface area contributed by atoms with Crippen LogP contribution in [0, 0.1) is 5.82 Å². The Morgan fingerprint density at radius 1 is 1.25 bits per heavy atom. The van der Waals surface area contributed by atoms with Gasteiger partial charge in [0.1, 0.15) is 0 Å². The van der Waals surface area contributed by atoms with E-state index in [0.717, 1.165) is 11.8 Å². The van der Waals surface area contributed by atoms with Crippen LogP contribution in [0.3, 0.4) is 0 Å². The molecule has 0 aliphatic rings. The molecule has 20 heavy (non-hydrogen) atoms. The van der Waals surface area contributed by atoms with E-state index in [4.69, 9.17) is 5.84 Å². The van der Waals surface area contributed by atoms with E-state index >= 15 is 0 Å². The minimum Gasteiger partial charge on any atom is -0.363 e. The van der Waals surface area contributed by atoms with Gasteiger partial charge in [-0.3, -0.25) is 5.43 Å². The number of nitrogens with zero attached hydrogens (tertiary/aromatic N) is 2. The van der Waals surface area contributed by atoms with E-state index in [9.17, 15) is 4.39 Å². The maximum absolute atomic E-state index is 13.5. The fraction of sp³-hybridized carbons (Fsp3) is 0.286. The van der Waals surface area contributed by atoms with Gasteiger partial charge < -0.3 is 5.32 Å². The summed E-state index contributed by atoms with van der Waals surface area (Å²) >= 11 is 0. The van der Waals surface area contributed by atoms with Crippen molar-refractivity contribution >= 4 is 11.8 Å². The van der Waals surface area contributed by atoms with Crippen molar-refractivity contribution in [3.05, 3.63) is 47.4 Å². The van der Waals surface area contributed by atoms with Crippen molar-refractivity contribution in [2.75, 3.05) is 10.7 Å². The maximum atomic E-state index is 13.5. The fourth-order valence-electron chi connectivity index (χ4n) is 1.77. The van der Waals surface area contributed by atoms with E-state index in [1.54, 1.807) is 0 Å². The number of nitrogens with two attached hydrogens (primary N) is 1. The molecule has 6 heteroatoms. The molecule has 0 atom stereocenters. The Kier molecular flexibility index (Phi) is 4.47. The highest BCUT2D eigenvalue weighted by molar-refractivity contribution is 5.41. The quantitative estimate of drug-likeness (QED) is 0.577. The molecule has 2 aromatic rings. The Balaban J connectivity index is 2.04. The SMILES string of the molecule is CC(C)c1ccc(CNc2nc(NN)ncc2F)cc1. The zero-order valence-corrected chi connectivity index (χ0v) is 11.5. The van der Waals surface area contributed by atoms with Crippen LogP contribution in [0.5, 0.6) is 0 Å². The molecule has 0 aliphatic carbocycles. The van der Waals surface area contributed by atoms with Gasteiger partial charge in [-0.25, -0.2) is 15.2 Å². The lowest BCUT2D eigenvalue weighted by molar-refractivity contribution is 0.617. The number of aromatic nitrogens is 2. The van der Waals surface area contributed by atoms with Crippen LogP contribution in [0.25, 0.3) is 0 Å². The first-order valence-corrected chi connectivity index (χ1v) is 6.42. The van der Waals surface area contributed by atoms with Crippen molar-refractivity contribution in [1.29, 1.82) is 0 Å². The molecule has 0 saturated carbocycles. The van der Waals surface area contributed by atoms with Crippen molar-refractivity contribution in [3.63, 3.8) is 0 Å². The Morgan fingerprint density at radius 3 is 2.55 bits per heavy atom. The molecule has 5 nitrogen and oxygen atoms in total. The molecule has 0 fully saturated rings. The lowest BCUT2D eigenvalue weighted by Gasteiger charge is -2.09. The Labute approximate surface area is 117 Å². The van der Waals surface area contributed by atoms with Crippen LogP contribution in [0.4, 0.5) is 16.2 Å². The molecule has 1 aromatic carbocycles. The fourth-order valence-corrected chi connectivity index (χ4v) is 1.77. The lowest BCUT2D eigenvalue weighted by Crippen LogP contribution is -2.13. The van der Waals surface area contributed by atoms with Crippen molar-refractivity contribution in [1.82, 2.24) is 9.97 Å². The molecule has 0 radical (unpaired) electrons. The van der Waals surface area contributed by atoms with Crippen LogP contribution >= 0.6 is 0 Å². The predicted octanol–water partition coefficient (Wildman–Crippen LogP) is 2.64. The van der Waals surface area contributed by atoms with E-state index in [2.05, 4.69) is 46.7 Å². The Hall–Kier alpha value is -2.21. The Morgan fingerprint density at radius 2 is 1.95 bits per heavy atom. The highest BCUT2D eigenvalue weighted by Crippen LogP contribution is 2.16. The summed E-state index contributed by atoms with van der Waals surface area (Å²) in [6.07, 6.45) is 1.08. The van der Waals surface area contributed by atoms with E-state index in [1.807, 2.05) is 12.1 Å². The van der Waals surface area contributed by atoms with Crippen molar-refractivity contribution in [2.24, 2.45) is 5.84 Å². The van der Waals surface area contributed by atoms with E-state index in [0.29, 0.717) is 12.5 Å². The van der Waals surface area contributed by atoms with Crippen molar-refractivity contribution in [3.8, 4) is 0 Å². The summed E-state index contributed by atoms with van der Waals surface area (Å²) in [6, 6.07) is 8.18. The van der Waals surface area contributed by atoms with Crippen LogP contribution in [-0.4, -0.2) is 9.97 Å². The van der Waals surface area contributed by atoms with E-state index in [-0.39, 0.29) is 11.8 Å². The van der Waals surface area contributed by atoms with Gasteiger partial charge in [-0.1, -0.05) is 38.1 Å². The number of hydrogen-bond acceptors (Lipinski definition) is 5. The summed E-state index contributed by atoms with van der Waals surface area (Å²) in [4.78, 5) is 7.60. The number of rotatable bonds is 5. The minimum atomic E-state index is -0.511. The standard InChI is InChI=1S/C14H18FN5/c1-9(2)11-5-3-10(4-6-11)7-17-13-12(15)8-18-14(19-13)20-16/h3-6,8-9H,7,16H2,1-2H3,(H2,17,18,19,20). The Bertz CT molecular complexity index is 568. The summed E-state index contributed by atoms with van der Waals surface area (Å²) in [5.41, 5.74) is 4.61. The normalized spacial score (nSPS) is 10.7. The van der Waals surface area contributed by atoms with Crippen LogP contribution < -0.4 is 16.6 Å². The van der Waals surface area contributed by atoms with Crippen molar-refractivity contribution < 1.29 is 4.39 Å². The third-order valence-electron chi connectivity index (χ3n) is 2.98. The largest absolute Gasteiger partial charge is 0.363 e. The average molecular weight is 275 g/mol. The summed E-state index contributed by atoms with van der Waals surface area (Å²) in [6.45, 7) is 4.77. The number of nitrogen functional groups attached to an aromatic ring is 1. The molecule has 4 N–H and O–H groups in total. The number of hydrazine groups is 1. The smallest absolute Gasteiger partial charge is 0.239 e. The highest BCUT2D eigenvalue weighted by Gasteiger charge is 2.06. The zero-order valence-electron chi connectivity index (χ0n) is 11.5. The summed E-state index contributed by atoms with van der Waals surface area (Å²) in [7, 11) is 0. The molecular weight excluding hydrogens is 257 g/mol. The second kappa shape index (κ2) is 6.29. The first kappa shape index (κ1) is 14.2. The summed E-state index contributed by atoms with van der Waals surface area (Å²) in [5, 5.41) is 2.93. The summed E-state index contributed by atoms with van der Waals surface area (Å²) in [5.74, 6) is 5.48. The van der Waals surface area contributed by atoms with E-state index < -0.39 is 5.82 Å². The first-order chi connectivity index (χ1) is 9.60. The lowest BCUT2D eigenvalue weighted by atomic mass is 10.0. The molecule has 0 saturated heterocycles. The average Bonchev–Trinajstić information content (AvgIpc) is 2.47. The third-order valence-corrected chi connectivity index (χ3v) is 2.98. The topological polar surface area (TPSA) is 75.9 Å². The third kappa shape index (κ3) is 3.42. The monoisotopic (exact) mass is 275 g/mol. The second-order valence-electron chi connectivity index (χ2n) is 4.78. The summed E-state index contributed by atoms with van der Waals surface area (Å²) < 4.78 is 13.5. The number of hydrogen-bond donors (Lipinski definition) is 3. The number of benzene rings is 1. The molecule has 1 aromatic heterocycles. The zero-order chi connectivity index (χ0) is 14.5. The molecule has 0 aliphatic heterocycles. The van der Waals surface area contributed by atoms with Gasteiger partial charge in [0.2, 0.25) is 5.95 Å². The second-order valence-corrected chi connectivity index (χ2v) is 4.78.